The van der Waals surface area contributed by atoms with Crippen LogP contribution in [0.5, 0.6) is 0 Å². The minimum atomic E-state index is -3.49. The highest BCUT2D eigenvalue weighted by molar-refractivity contribution is 7.90. The number of hydrogen-bond donors (Lipinski definition) is 1. The van der Waals surface area contributed by atoms with E-state index in [0.717, 1.165) is 29.6 Å². The number of nitrogens with zero attached hydrogens (tertiary/aromatic N) is 2. The molecule has 0 amide bonds. The monoisotopic (exact) mass is 402 g/mol. The predicted molar refractivity (Wildman–Crippen MR) is 108 cm³/mol. The van der Waals surface area contributed by atoms with Gasteiger partial charge in [0.25, 0.3) is 5.56 Å². The third kappa shape index (κ3) is 2.51. The molecule has 1 aromatic carbocycles. The van der Waals surface area contributed by atoms with E-state index in [-0.39, 0.29) is 15.8 Å². The second-order valence-corrected chi connectivity index (χ2v) is 9.80. The van der Waals surface area contributed by atoms with E-state index < -0.39 is 22.4 Å². The lowest BCUT2D eigenvalue weighted by molar-refractivity contribution is -0.127. The zero-order valence-corrected chi connectivity index (χ0v) is 16.0. The summed E-state index contributed by atoms with van der Waals surface area (Å²) < 4.78 is 53.9. The van der Waals surface area contributed by atoms with Crippen LogP contribution in [0.3, 0.4) is 0 Å². The van der Waals surface area contributed by atoms with E-state index in [1.165, 1.54) is 6.20 Å². The van der Waals surface area contributed by atoms with Gasteiger partial charge in [-0.2, -0.15) is 0 Å². The number of fused-ring (bicyclic) bond motifs is 1. The maximum atomic E-state index is 12.7. The van der Waals surface area contributed by atoms with Crippen molar-refractivity contribution in [3.05, 3.63) is 47.0 Å². The van der Waals surface area contributed by atoms with Gasteiger partial charge in [0.2, 0.25) is 0 Å². The number of ether oxygens (including phenoxy) is 1. The zero-order chi connectivity index (χ0) is 22.2. The summed E-state index contributed by atoms with van der Waals surface area (Å²) in [5.74, 6) is 0. The molecule has 8 heteroatoms. The fourth-order valence-corrected chi connectivity index (χ4v) is 4.75. The largest absolute Gasteiger partial charge is 0.380 e. The van der Waals surface area contributed by atoms with Crippen LogP contribution in [0.4, 0.5) is 5.69 Å². The molecule has 4 heterocycles. The number of hydrogen-bond acceptors (Lipinski definition) is 5. The van der Waals surface area contributed by atoms with E-state index in [9.17, 15) is 13.2 Å². The number of aromatic amines is 1. The van der Waals surface area contributed by atoms with Crippen LogP contribution in [0.15, 0.2) is 46.3 Å². The molecule has 1 spiro atoms. The first-order valence-electron chi connectivity index (χ1n) is 10.4. The number of benzene rings is 1. The molecule has 2 saturated heterocycles. The molecule has 28 heavy (non-hydrogen) atoms. The number of aryl methyl sites for hydroxylation is 1. The van der Waals surface area contributed by atoms with Crippen LogP contribution in [-0.2, 0) is 21.5 Å². The molecule has 2 aromatic heterocycles. The van der Waals surface area contributed by atoms with Crippen molar-refractivity contribution >= 4 is 26.4 Å². The first kappa shape index (κ1) is 14.4. The lowest BCUT2D eigenvalue weighted by atomic mass is 9.77. The van der Waals surface area contributed by atoms with E-state index in [0.29, 0.717) is 29.7 Å². The van der Waals surface area contributed by atoms with Crippen LogP contribution in [0.2, 0.25) is 0 Å². The van der Waals surface area contributed by atoms with Gasteiger partial charge in [-0.1, -0.05) is 0 Å². The van der Waals surface area contributed by atoms with Crippen LogP contribution < -0.4 is 10.5 Å². The third-order valence-electron chi connectivity index (χ3n) is 5.62. The van der Waals surface area contributed by atoms with Crippen molar-refractivity contribution in [2.45, 2.75) is 4.90 Å². The van der Waals surface area contributed by atoms with Gasteiger partial charge in [-0.05, 0) is 24.3 Å². The van der Waals surface area contributed by atoms with Crippen LogP contribution in [-0.4, -0.2) is 50.5 Å². The van der Waals surface area contributed by atoms with Gasteiger partial charge in [-0.15, -0.1) is 0 Å². The highest BCUT2D eigenvalue weighted by Crippen LogP contribution is 2.44. The molecule has 1 N–H and O–H groups in total. The molecule has 0 radical (unpaired) electrons. The molecule has 146 valence electrons. The minimum Gasteiger partial charge on any atom is -0.380 e. The first-order valence-corrected chi connectivity index (χ1v) is 10.8. The van der Waals surface area contributed by atoms with Gasteiger partial charge >= 0.3 is 0 Å². The lowest BCUT2D eigenvalue weighted by Gasteiger charge is -2.56. The summed E-state index contributed by atoms with van der Waals surface area (Å²) in [6.07, 6.45) is 4.01. The number of sulfone groups is 1. The summed E-state index contributed by atoms with van der Waals surface area (Å²) in [6.45, 7) is 0.267. The van der Waals surface area contributed by atoms with E-state index in [4.69, 9.17) is 8.85 Å². The maximum absolute atomic E-state index is 12.7. The lowest BCUT2D eigenvalue weighted by Crippen LogP contribution is -2.66. The van der Waals surface area contributed by atoms with Crippen molar-refractivity contribution < 1.29 is 17.3 Å². The fourth-order valence-electron chi connectivity index (χ4n) is 4.11. The molecule has 0 atom stereocenters. The molecule has 2 aliphatic heterocycles. The van der Waals surface area contributed by atoms with Crippen molar-refractivity contribution in [3.8, 4) is 11.1 Å². The molecule has 3 aromatic rings. The van der Waals surface area contributed by atoms with Crippen molar-refractivity contribution in [1.29, 1.82) is 0 Å². The van der Waals surface area contributed by atoms with Crippen LogP contribution >= 0.6 is 0 Å². The standard InChI is InChI=1S/C20H21N3O4S/c1-22-8-16(14-5-6-21-18(14)19(22)24)15-7-13(28(2,25)26)3-4-17(15)23-9-20(10-23)11-27-12-20/h3-8,21H,9-12H2,1-2H3/i1D3. The van der Waals surface area contributed by atoms with Crippen molar-refractivity contribution in [3.63, 3.8) is 0 Å². The topological polar surface area (TPSA) is 84.4 Å². The smallest absolute Gasteiger partial charge is 0.274 e. The third-order valence-corrected chi connectivity index (χ3v) is 6.73. The van der Waals surface area contributed by atoms with Gasteiger partial charge < -0.3 is 19.2 Å². The Kier molecular flexibility index (Phi) is 2.94. The SMILES string of the molecule is [2H]C([2H])([2H])n1cc(-c2cc(S(C)(=O)=O)ccc2N2CC3(COC3)C2)c2cc[nH]c2c1=O. The molecular formula is C20H21N3O4S. The van der Waals surface area contributed by atoms with E-state index in [1.807, 2.05) is 0 Å². The van der Waals surface area contributed by atoms with Gasteiger partial charge in [0.05, 0.1) is 23.5 Å². The normalized spacial score (nSPS) is 20.3. The Labute approximate surface area is 166 Å². The van der Waals surface area contributed by atoms with Crippen molar-refractivity contribution in [2.75, 3.05) is 37.5 Å². The average Bonchev–Trinajstić information content (AvgIpc) is 3.08. The summed E-state index contributed by atoms with van der Waals surface area (Å²) in [5.41, 5.74) is 1.49. The maximum Gasteiger partial charge on any atom is 0.274 e. The van der Waals surface area contributed by atoms with Gasteiger partial charge in [-0.3, -0.25) is 4.79 Å². The van der Waals surface area contributed by atoms with Gasteiger partial charge in [-0.25, -0.2) is 8.42 Å². The highest BCUT2D eigenvalue weighted by Gasteiger charge is 2.49. The molecule has 0 aliphatic carbocycles. The average molecular weight is 402 g/mol. The molecular weight excluding hydrogens is 378 g/mol. The molecule has 5 rings (SSSR count). The number of aromatic nitrogens is 2. The summed E-state index contributed by atoms with van der Waals surface area (Å²) in [5, 5.41) is 0.541. The Balaban J connectivity index is 1.75. The summed E-state index contributed by atoms with van der Waals surface area (Å²) in [6, 6.07) is 6.57. The van der Waals surface area contributed by atoms with Crippen LogP contribution in [0, 0.1) is 5.41 Å². The molecule has 0 saturated carbocycles. The number of nitrogens with one attached hydrogen (secondary N) is 1. The Bertz CT molecular complexity index is 1360. The van der Waals surface area contributed by atoms with Crippen LogP contribution in [0.25, 0.3) is 22.0 Å². The number of pyridine rings is 1. The van der Waals surface area contributed by atoms with Crippen molar-refractivity contribution in [1.82, 2.24) is 9.55 Å². The molecule has 0 unspecified atom stereocenters. The molecule has 7 nitrogen and oxygen atoms in total. The quantitative estimate of drug-likeness (QED) is 0.722. The minimum absolute atomic E-state index is 0.129. The summed E-state index contributed by atoms with van der Waals surface area (Å²) in [7, 11) is -3.49. The van der Waals surface area contributed by atoms with E-state index in [1.54, 1.807) is 30.5 Å². The highest BCUT2D eigenvalue weighted by atomic mass is 32.2. The van der Waals surface area contributed by atoms with Crippen molar-refractivity contribution in [2.24, 2.45) is 12.4 Å². The molecule has 2 aliphatic rings. The zero-order valence-electron chi connectivity index (χ0n) is 18.2. The summed E-state index contributed by atoms with van der Waals surface area (Å²) in [4.78, 5) is 17.8. The molecule has 2 fully saturated rings. The fraction of sp³-hybridized carbons (Fsp3) is 0.350. The number of anilines is 1. The van der Waals surface area contributed by atoms with E-state index in [2.05, 4.69) is 9.88 Å². The van der Waals surface area contributed by atoms with Gasteiger partial charge in [0.1, 0.15) is 5.52 Å². The number of H-pyrrole nitrogens is 1. The Morgan fingerprint density at radius 3 is 2.64 bits per heavy atom. The predicted octanol–water partition coefficient (Wildman–Crippen LogP) is 1.77. The van der Waals surface area contributed by atoms with Gasteiger partial charge in [0, 0.05) is 65.0 Å². The van der Waals surface area contributed by atoms with Crippen LogP contribution in [0.1, 0.15) is 4.11 Å². The Morgan fingerprint density at radius 1 is 1.21 bits per heavy atom. The second-order valence-electron chi connectivity index (χ2n) is 7.78. The summed E-state index contributed by atoms with van der Waals surface area (Å²) >= 11 is 0. The van der Waals surface area contributed by atoms with Gasteiger partial charge in [0.15, 0.2) is 9.84 Å². The Morgan fingerprint density at radius 2 is 2.00 bits per heavy atom. The number of rotatable bonds is 3. The first-order chi connectivity index (χ1) is 14.5. The second kappa shape index (κ2) is 5.71. The molecule has 0 bridgehead atoms. The Hall–Kier alpha value is -2.58. The van der Waals surface area contributed by atoms with E-state index >= 15 is 0 Å².